The van der Waals surface area contributed by atoms with Gasteiger partial charge in [-0.2, -0.15) is 16.8 Å². The van der Waals surface area contributed by atoms with E-state index >= 15 is 0 Å². The fraction of sp³-hybridized carbons (Fsp3) is 0.556. The van der Waals surface area contributed by atoms with Gasteiger partial charge in [0.25, 0.3) is 0 Å². The van der Waals surface area contributed by atoms with Crippen molar-refractivity contribution in [3.05, 3.63) is 12.4 Å². The zero-order chi connectivity index (χ0) is 17.1. The van der Waals surface area contributed by atoms with Gasteiger partial charge in [-0.3, -0.25) is 4.79 Å². The fourth-order valence-corrected chi connectivity index (χ4v) is 3.34. The minimum absolute atomic E-state index is 0.0391. The molecule has 1 aromatic heterocycles. The smallest absolute Gasteiger partial charge is 0.462 e. The predicted molar refractivity (Wildman–Crippen MR) is 69.5 cm³/mol. The van der Waals surface area contributed by atoms with Gasteiger partial charge in [-0.25, -0.2) is 9.13 Å². The van der Waals surface area contributed by atoms with Crippen molar-refractivity contribution in [1.29, 1.82) is 0 Å². The molecule has 0 bridgehead atoms. The lowest BCUT2D eigenvalue weighted by molar-refractivity contribution is -0.683. The number of halogens is 2. The van der Waals surface area contributed by atoms with Crippen molar-refractivity contribution in [3.63, 3.8) is 0 Å². The summed E-state index contributed by atoms with van der Waals surface area (Å²) >= 11 is 0. The average Bonchev–Trinajstić information content (AvgIpc) is 2.68. The van der Waals surface area contributed by atoms with Crippen molar-refractivity contribution in [2.24, 2.45) is 0 Å². The first-order chi connectivity index (χ1) is 9.98. The maximum Gasteiger partial charge on any atom is 0.469 e. The van der Waals surface area contributed by atoms with Crippen molar-refractivity contribution < 1.29 is 38.7 Å². The summed E-state index contributed by atoms with van der Waals surface area (Å²) in [7, 11) is -11.8. The number of carbonyl (C=O) groups excluding carboxylic acids is 1. The Bertz CT molecular complexity index is 726. The summed E-state index contributed by atoms with van der Waals surface area (Å²) < 4.78 is 76.1. The highest BCUT2D eigenvalue weighted by atomic mass is 32.3. The molecule has 0 aliphatic heterocycles. The van der Waals surface area contributed by atoms with Gasteiger partial charge in [0.05, 0.1) is 18.9 Å². The summed E-state index contributed by atoms with van der Waals surface area (Å²) in [4.78, 5) is 10.7. The Morgan fingerprint density at radius 1 is 1.32 bits per heavy atom. The Labute approximate surface area is 126 Å². The van der Waals surface area contributed by atoms with Crippen LogP contribution in [0.1, 0.15) is 13.8 Å². The minimum Gasteiger partial charge on any atom is -0.462 e. The average molecular weight is 362 g/mol. The monoisotopic (exact) mass is 362 g/mol. The van der Waals surface area contributed by atoms with Crippen LogP contribution in [0.5, 0.6) is 0 Å². The number of rotatable bonds is 7. The first-order valence-corrected chi connectivity index (χ1v) is 8.58. The number of aryl methyl sites for hydroxylation is 1. The first kappa shape index (κ1) is 18.3. The van der Waals surface area contributed by atoms with Gasteiger partial charge >= 0.3 is 32.7 Å². The molecule has 9 nitrogen and oxygen atoms in total. The van der Waals surface area contributed by atoms with E-state index in [1.165, 1.54) is 19.3 Å². The van der Waals surface area contributed by atoms with E-state index in [2.05, 4.69) is 4.74 Å². The predicted octanol–water partition coefficient (Wildman–Crippen LogP) is -0.406. The van der Waals surface area contributed by atoms with Crippen LogP contribution in [-0.2, 0) is 43.4 Å². The van der Waals surface area contributed by atoms with Gasteiger partial charge in [0, 0.05) is 10.6 Å². The van der Waals surface area contributed by atoms with Crippen LogP contribution >= 0.6 is 0 Å². The highest BCUT2D eigenvalue weighted by molar-refractivity contribution is 8.05. The van der Waals surface area contributed by atoms with Crippen LogP contribution in [0.2, 0.25) is 0 Å². The lowest BCUT2D eigenvalue weighted by Crippen LogP contribution is -2.46. The molecule has 0 unspecified atom stereocenters. The third kappa shape index (κ3) is 4.37. The van der Waals surface area contributed by atoms with E-state index in [0.29, 0.717) is 0 Å². The molecule has 0 amide bonds. The number of ether oxygens (including phenoxy) is 1. The second-order valence-corrected chi connectivity index (χ2v) is 6.61. The van der Waals surface area contributed by atoms with Gasteiger partial charge in [0.15, 0.2) is 0 Å². The molecule has 1 aromatic rings. The van der Waals surface area contributed by atoms with E-state index in [-0.39, 0.29) is 19.7 Å². The molecule has 0 saturated heterocycles. The van der Waals surface area contributed by atoms with Crippen molar-refractivity contribution >= 4 is 32.7 Å². The number of aromatic nitrogens is 2. The molecule has 22 heavy (non-hydrogen) atoms. The van der Waals surface area contributed by atoms with E-state index in [4.69, 9.17) is 0 Å². The summed E-state index contributed by atoms with van der Waals surface area (Å²) in [5.74, 6) is -1.40. The zero-order valence-corrected chi connectivity index (χ0v) is 13.3. The molecule has 0 spiro atoms. The van der Waals surface area contributed by atoms with Crippen molar-refractivity contribution in [1.82, 2.24) is 4.57 Å². The number of hydrogen-bond acceptors (Lipinski definition) is 6. The van der Waals surface area contributed by atoms with Crippen LogP contribution in [0.3, 0.4) is 0 Å². The van der Waals surface area contributed by atoms with Gasteiger partial charge in [-0.05, 0) is 6.92 Å². The second-order valence-electron chi connectivity index (χ2n) is 4.00. The molecule has 0 atom stereocenters. The van der Waals surface area contributed by atoms with Crippen molar-refractivity contribution in [2.45, 2.75) is 26.9 Å². The van der Waals surface area contributed by atoms with Crippen LogP contribution in [0, 0.1) is 0 Å². The van der Waals surface area contributed by atoms with E-state index in [1.807, 2.05) is 0 Å². The van der Waals surface area contributed by atoms with Crippen LogP contribution in [0.25, 0.3) is 0 Å². The summed E-state index contributed by atoms with van der Waals surface area (Å²) in [5.41, 5.74) is 0. The summed E-state index contributed by atoms with van der Waals surface area (Å²) in [6, 6.07) is 0. The van der Waals surface area contributed by atoms with Gasteiger partial charge in [0.2, 0.25) is 0 Å². The van der Waals surface area contributed by atoms with Gasteiger partial charge in [0.1, 0.15) is 13.2 Å². The number of esters is 1. The molecule has 0 aliphatic carbocycles. The molecular formula is C9H14F2N3O6S2+. The minimum atomic E-state index is -5.92. The van der Waals surface area contributed by atoms with Gasteiger partial charge in [-0.15, -0.1) is 0 Å². The molecule has 126 valence electrons. The Morgan fingerprint density at radius 3 is 2.27 bits per heavy atom. The van der Waals surface area contributed by atoms with Gasteiger partial charge in [-0.1, -0.05) is 7.77 Å². The molecule has 0 radical (unpaired) electrons. The number of anilines is 1. The topological polar surface area (TPSA) is 107 Å². The summed E-state index contributed by atoms with van der Waals surface area (Å²) in [6.45, 7) is 2.23. The molecule has 0 saturated carbocycles. The van der Waals surface area contributed by atoms with Crippen LogP contribution in [0.4, 0.5) is 13.7 Å². The first-order valence-electron chi connectivity index (χ1n) is 5.90. The van der Waals surface area contributed by atoms with Crippen LogP contribution < -0.4 is 8.28 Å². The lowest BCUT2D eigenvalue weighted by Gasteiger charge is -2.11. The quantitative estimate of drug-likeness (QED) is 0.371. The molecule has 0 fully saturated rings. The third-order valence-electron chi connectivity index (χ3n) is 2.48. The Hall–Kier alpha value is -1.76. The van der Waals surface area contributed by atoms with Crippen molar-refractivity contribution in [2.75, 3.05) is 10.3 Å². The van der Waals surface area contributed by atoms with E-state index in [9.17, 15) is 29.4 Å². The zero-order valence-electron chi connectivity index (χ0n) is 11.6. The Morgan fingerprint density at radius 2 is 1.86 bits per heavy atom. The largest absolute Gasteiger partial charge is 0.469 e. The highest BCUT2D eigenvalue weighted by Gasteiger charge is 2.46. The van der Waals surface area contributed by atoms with Crippen LogP contribution in [0.15, 0.2) is 12.4 Å². The number of carbonyl (C=O) groups is 1. The Balaban J connectivity index is 3.36. The highest BCUT2D eigenvalue weighted by Crippen LogP contribution is 2.21. The van der Waals surface area contributed by atoms with Crippen LogP contribution in [-0.4, -0.2) is 34.0 Å². The standard InChI is InChI=1S/C9H14F2N3O6S2/c1-3-12-4-5-13(6-7-20-8(2)15)9(12)14(21(10,16)17)22(11,18)19/h4-5H,3,6-7H2,1-2H3/q+1. The molecule has 1 rings (SSSR count). The Kier molecular flexibility index (Phi) is 5.45. The molecular weight excluding hydrogens is 348 g/mol. The molecule has 0 N–H and O–H groups in total. The van der Waals surface area contributed by atoms with E-state index in [0.717, 1.165) is 16.1 Å². The molecule has 13 heteroatoms. The number of imidazole rings is 1. The maximum absolute atomic E-state index is 13.2. The van der Waals surface area contributed by atoms with E-state index < -0.39 is 36.4 Å². The van der Waals surface area contributed by atoms with Crippen molar-refractivity contribution in [3.8, 4) is 0 Å². The fourth-order valence-electron chi connectivity index (χ4n) is 1.68. The van der Waals surface area contributed by atoms with E-state index in [1.54, 1.807) is 0 Å². The molecule has 0 aromatic carbocycles. The second kappa shape index (κ2) is 6.56. The summed E-state index contributed by atoms with van der Waals surface area (Å²) in [5, 5.41) is 0. The lowest BCUT2D eigenvalue weighted by atomic mass is 10.6. The van der Waals surface area contributed by atoms with Gasteiger partial charge < -0.3 is 4.74 Å². The number of hydrogen-bond donors (Lipinski definition) is 0. The third-order valence-corrected chi connectivity index (χ3v) is 4.67. The number of nitrogens with zero attached hydrogens (tertiary/aromatic N) is 3. The SMILES string of the molecule is CCn1cc[n+](CCOC(C)=O)c1N(S(=O)(=O)F)S(=O)(=O)F. The molecule has 1 heterocycles. The summed E-state index contributed by atoms with van der Waals surface area (Å²) in [6.07, 6.45) is 2.43. The normalized spacial score (nSPS) is 12.2. The maximum atomic E-state index is 13.2. The molecule has 0 aliphatic rings.